The maximum atomic E-state index is 14.0. The van der Waals surface area contributed by atoms with Crippen molar-refractivity contribution in [2.75, 3.05) is 12.4 Å². The number of rotatable bonds is 6. The number of pyridine rings is 1. The molecule has 0 saturated heterocycles. The number of nitrogens with one attached hydrogen (secondary N) is 1. The highest BCUT2D eigenvalue weighted by atomic mass is 32.1. The van der Waals surface area contributed by atoms with Crippen LogP contribution in [0.25, 0.3) is 22.2 Å². The van der Waals surface area contributed by atoms with E-state index in [-0.39, 0.29) is 18.0 Å². The Balaban J connectivity index is 1.60. The number of hydrogen-bond donors (Lipinski definition) is 1. The van der Waals surface area contributed by atoms with Crippen molar-refractivity contribution in [2.24, 2.45) is 0 Å². The fourth-order valence-electron chi connectivity index (χ4n) is 5.12. The average molecular weight is 529 g/mol. The van der Waals surface area contributed by atoms with E-state index in [4.69, 9.17) is 14.5 Å². The Morgan fingerprint density at radius 1 is 0.974 bits per heavy atom. The normalized spacial score (nSPS) is 13.2. The van der Waals surface area contributed by atoms with Crippen molar-refractivity contribution in [1.29, 1.82) is 0 Å². The van der Waals surface area contributed by atoms with Crippen LogP contribution in [0.15, 0.2) is 48.5 Å². The molecule has 0 fully saturated rings. The van der Waals surface area contributed by atoms with E-state index in [0.717, 1.165) is 71.1 Å². The molecule has 1 aliphatic rings. The molecule has 0 spiro atoms. The summed E-state index contributed by atoms with van der Waals surface area (Å²) < 4.78 is 10.9. The zero-order chi connectivity index (χ0) is 26.8. The molecule has 0 radical (unpaired) electrons. The Hall–Kier alpha value is -3.71. The van der Waals surface area contributed by atoms with Crippen LogP contribution in [0.1, 0.15) is 69.8 Å². The van der Waals surface area contributed by atoms with Gasteiger partial charge in [-0.05, 0) is 87.9 Å². The number of ether oxygens (including phenoxy) is 2. The Kier molecular flexibility index (Phi) is 7.47. The summed E-state index contributed by atoms with van der Waals surface area (Å²) in [6, 6.07) is 15.3. The lowest BCUT2D eigenvalue weighted by atomic mass is 9.97. The molecule has 196 valence electrons. The topological polar surface area (TPSA) is 77.5 Å². The molecule has 0 atom stereocenters. The third-order valence-corrected chi connectivity index (χ3v) is 8.13. The van der Waals surface area contributed by atoms with Gasteiger partial charge in [0, 0.05) is 15.8 Å². The second-order valence-corrected chi connectivity index (χ2v) is 11.0. The van der Waals surface area contributed by atoms with Crippen LogP contribution in [0, 0.1) is 6.92 Å². The van der Waals surface area contributed by atoms with Crippen LogP contribution in [-0.4, -0.2) is 30.1 Å². The van der Waals surface area contributed by atoms with Crippen LogP contribution < -0.4 is 10.1 Å². The van der Waals surface area contributed by atoms with Crippen molar-refractivity contribution < 1.29 is 19.1 Å². The van der Waals surface area contributed by atoms with Gasteiger partial charge in [0.25, 0.3) is 5.91 Å². The van der Waals surface area contributed by atoms with Gasteiger partial charge < -0.3 is 14.8 Å². The lowest BCUT2D eigenvalue weighted by Gasteiger charge is -2.16. The number of nitrogens with zero attached hydrogens (tertiary/aromatic N) is 1. The molecular formula is C31H32N2O4S. The number of amides is 1. The number of hydrogen-bond acceptors (Lipinski definition) is 6. The number of carbonyl (C=O) groups excluding carboxylic acids is 2. The van der Waals surface area contributed by atoms with Crippen LogP contribution in [-0.2, 0) is 17.6 Å². The van der Waals surface area contributed by atoms with Gasteiger partial charge in [-0.25, -0.2) is 9.78 Å². The molecule has 1 aliphatic carbocycles. The Labute approximate surface area is 227 Å². The van der Waals surface area contributed by atoms with E-state index in [0.29, 0.717) is 16.1 Å². The van der Waals surface area contributed by atoms with Crippen LogP contribution in [0.4, 0.5) is 5.00 Å². The Bertz CT molecular complexity index is 1500. The number of carbonyl (C=O) groups is 2. The van der Waals surface area contributed by atoms with Gasteiger partial charge in [0.05, 0.1) is 35.6 Å². The highest BCUT2D eigenvalue weighted by Gasteiger charge is 2.28. The molecule has 0 unspecified atom stereocenters. The third-order valence-electron chi connectivity index (χ3n) is 6.92. The minimum atomic E-state index is -0.370. The maximum Gasteiger partial charge on any atom is 0.341 e. The monoisotopic (exact) mass is 528 g/mol. The van der Waals surface area contributed by atoms with Gasteiger partial charge in [-0.3, -0.25) is 4.79 Å². The van der Waals surface area contributed by atoms with Gasteiger partial charge in [-0.2, -0.15) is 0 Å². The van der Waals surface area contributed by atoms with Gasteiger partial charge in [0.15, 0.2) is 0 Å². The van der Waals surface area contributed by atoms with Gasteiger partial charge in [-0.1, -0.05) is 24.6 Å². The zero-order valence-electron chi connectivity index (χ0n) is 22.2. The molecule has 0 aliphatic heterocycles. The van der Waals surface area contributed by atoms with E-state index in [9.17, 15) is 9.59 Å². The summed E-state index contributed by atoms with van der Waals surface area (Å²) in [5.74, 6) is 0.124. The smallest absolute Gasteiger partial charge is 0.341 e. The molecule has 2 aromatic heterocycles. The van der Waals surface area contributed by atoms with E-state index < -0.39 is 0 Å². The van der Waals surface area contributed by atoms with Crippen molar-refractivity contribution in [3.05, 3.63) is 75.7 Å². The molecule has 2 aromatic carbocycles. The second kappa shape index (κ2) is 11.0. The van der Waals surface area contributed by atoms with Crippen LogP contribution >= 0.6 is 11.3 Å². The molecule has 6 nitrogen and oxygen atoms in total. The molecule has 0 saturated carbocycles. The van der Waals surface area contributed by atoms with Gasteiger partial charge in [0.1, 0.15) is 10.8 Å². The first-order valence-electron chi connectivity index (χ1n) is 13.1. The summed E-state index contributed by atoms with van der Waals surface area (Å²) in [6.45, 7) is 5.61. The van der Waals surface area contributed by atoms with Crippen molar-refractivity contribution in [1.82, 2.24) is 4.98 Å². The number of aryl methyl sites for hydroxylation is 1. The lowest BCUT2D eigenvalue weighted by Crippen LogP contribution is -2.18. The van der Waals surface area contributed by atoms with Gasteiger partial charge in [-0.15, -0.1) is 11.3 Å². The van der Waals surface area contributed by atoms with Crippen molar-refractivity contribution in [3.63, 3.8) is 0 Å². The number of para-hydroxylation sites is 1. The SMILES string of the molecule is COc1ccc(-c2nc3ccccc3c(C(=O)Nc3sc4c(c3C(=O)OC(C)C)CCCCC4)c2C)cc1. The van der Waals surface area contributed by atoms with Crippen LogP contribution in [0.3, 0.4) is 0 Å². The van der Waals surface area contributed by atoms with Crippen molar-refractivity contribution in [3.8, 4) is 17.0 Å². The largest absolute Gasteiger partial charge is 0.497 e. The van der Waals surface area contributed by atoms with E-state index in [1.165, 1.54) is 16.2 Å². The molecule has 7 heteroatoms. The first-order chi connectivity index (χ1) is 18.4. The second-order valence-electron chi connectivity index (χ2n) is 9.88. The lowest BCUT2D eigenvalue weighted by molar-refractivity contribution is 0.0378. The van der Waals surface area contributed by atoms with E-state index in [1.54, 1.807) is 7.11 Å². The van der Waals surface area contributed by atoms with Crippen LogP contribution in [0.5, 0.6) is 5.75 Å². The fraction of sp³-hybridized carbons (Fsp3) is 0.323. The predicted octanol–water partition coefficient (Wildman–Crippen LogP) is 7.37. The number of fused-ring (bicyclic) bond motifs is 2. The summed E-state index contributed by atoms with van der Waals surface area (Å²) >= 11 is 1.51. The van der Waals surface area contributed by atoms with Crippen LogP contribution in [0.2, 0.25) is 0 Å². The maximum absolute atomic E-state index is 14.0. The quantitative estimate of drug-likeness (QED) is 0.209. The summed E-state index contributed by atoms with van der Waals surface area (Å²) in [5.41, 5.74) is 5.23. The standard InChI is InChI=1S/C31H32N2O4S/c1-18(2)37-31(35)27-23-11-6-5-7-13-25(23)38-30(27)33-29(34)26-19(3)28(20-14-16-21(36-4)17-15-20)32-24-12-9-8-10-22(24)26/h8-10,12,14-18H,5-7,11,13H2,1-4H3,(H,33,34). The molecule has 38 heavy (non-hydrogen) atoms. The molecule has 4 aromatic rings. The molecule has 1 amide bonds. The van der Waals surface area contributed by atoms with E-state index in [2.05, 4.69) is 5.32 Å². The average Bonchev–Trinajstić information content (AvgIpc) is 3.07. The number of aromatic nitrogens is 1. The minimum Gasteiger partial charge on any atom is -0.497 e. The van der Waals surface area contributed by atoms with E-state index >= 15 is 0 Å². The van der Waals surface area contributed by atoms with Gasteiger partial charge in [0.2, 0.25) is 0 Å². The van der Waals surface area contributed by atoms with Crippen molar-refractivity contribution in [2.45, 2.75) is 59.0 Å². The number of anilines is 1. The minimum absolute atomic E-state index is 0.245. The summed E-state index contributed by atoms with van der Waals surface area (Å²) in [6.07, 6.45) is 4.74. The number of methoxy groups -OCH3 is 1. The summed E-state index contributed by atoms with van der Waals surface area (Å²) in [4.78, 5) is 33.3. The van der Waals surface area contributed by atoms with E-state index in [1.807, 2.05) is 69.3 Å². The predicted molar refractivity (Wildman–Crippen MR) is 153 cm³/mol. The Morgan fingerprint density at radius 3 is 2.45 bits per heavy atom. The first-order valence-corrected chi connectivity index (χ1v) is 13.9. The summed E-state index contributed by atoms with van der Waals surface area (Å²) in [5, 5.41) is 4.46. The van der Waals surface area contributed by atoms with Crippen molar-refractivity contribution >= 4 is 39.1 Å². The fourth-order valence-corrected chi connectivity index (χ4v) is 6.39. The highest BCUT2D eigenvalue weighted by molar-refractivity contribution is 7.17. The third kappa shape index (κ3) is 5.03. The first kappa shape index (κ1) is 25.9. The number of thiophene rings is 1. The Morgan fingerprint density at radius 2 is 1.71 bits per heavy atom. The molecular weight excluding hydrogens is 496 g/mol. The molecule has 1 N–H and O–H groups in total. The number of esters is 1. The summed E-state index contributed by atoms with van der Waals surface area (Å²) in [7, 11) is 1.63. The zero-order valence-corrected chi connectivity index (χ0v) is 23.0. The highest BCUT2D eigenvalue weighted by Crippen LogP contribution is 2.39. The molecule has 0 bridgehead atoms. The molecule has 2 heterocycles. The van der Waals surface area contributed by atoms with Gasteiger partial charge >= 0.3 is 5.97 Å². The number of benzene rings is 2. The molecule has 5 rings (SSSR count).